The molecule has 6 nitrogen and oxygen atoms in total. The first-order chi connectivity index (χ1) is 8.82. The molecule has 0 spiro atoms. The fraction of sp³-hybridized carbons (Fsp3) is 0.846. The molecule has 2 amide bonds. The third-order valence-electron chi connectivity index (χ3n) is 3.44. The van der Waals surface area contributed by atoms with E-state index in [1.165, 1.54) is 0 Å². The van der Waals surface area contributed by atoms with E-state index in [0.717, 1.165) is 25.9 Å². The van der Waals surface area contributed by atoms with Crippen molar-refractivity contribution in [1.82, 2.24) is 15.5 Å². The van der Waals surface area contributed by atoms with Crippen molar-refractivity contribution >= 4 is 11.8 Å². The average Bonchev–Trinajstić information content (AvgIpc) is 2.35. The molecule has 0 bridgehead atoms. The number of piperidine rings is 1. The SMILES string of the molecule is CC(C)(C)N1CCC(NC(=O)CNC(=O)CN)CC1. The number of nitrogens with one attached hydrogen (secondary N) is 2. The highest BCUT2D eigenvalue weighted by atomic mass is 16.2. The molecule has 0 aromatic heterocycles. The number of hydrogen-bond acceptors (Lipinski definition) is 4. The summed E-state index contributed by atoms with van der Waals surface area (Å²) in [4.78, 5) is 25.0. The number of nitrogens with two attached hydrogens (primary N) is 1. The second-order valence-electron chi connectivity index (χ2n) is 5.98. The summed E-state index contributed by atoms with van der Waals surface area (Å²) in [6, 6.07) is 0.209. The summed E-state index contributed by atoms with van der Waals surface area (Å²) in [5.74, 6) is -0.450. The zero-order valence-corrected chi connectivity index (χ0v) is 12.2. The van der Waals surface area contributed by atoms with Gasteiger partial charge in [0.1, 0.15) is 0 Å². The fourth-order valence-electron chi connectivity index (χ4n) is 2.22. The summed E-state index contributed by atoms with van der Waals surface area (Å²) in [5.41, 5.74) is 5.33. The van der Waals surface area contributed by atoms with Gasteiger partial charge in [0.2, 0.25) is 11.8 Å². The molecule has 0 unspecified atom stereocenters. The molecule has 0 saturated carbocycles. The van der Waals surface area contributed by atoms with Crippen molar-refractivity contribution in [3.63, 3.8) is 0 Å². The Morgan fingerprint density at radius 1 is 1.21 bits per heavy atom. The van der Waals surface area contributed by atoms with Crippen LogP contribution >= 0.6 is 0 Å². The minimum Gasteiger partial charge on any atom is -0.352 e. The van der Waals surface area contributed by atoms with Crippen molar-refractivity contribution in [1.29, 1.82) is 0 Å². The van der Waals surface area contributed by atoms with Gasteiger partial charge in [-0.3, -0.25) is 14.5 Å². The van der Waals surface area contributed by atoms with Gasteiger partial charge in [-0.2, -0.15) is 0 Å². The molecule has 1 rings (SSSR count). The molecule has 4 N–H and O–H groups in total. The Morgan fingerprint density at radius 2 is 1.79 bits per heavy atom. The van der Waals surface area contributed by atoms with Crippen LogP contribution in [0.25, 0.3) is 0 Å². The summed E-state index contributed by atoms with van der Waals surface area (Å²) >= 11 is 0. The lowest BCUT2D eigenvalue weighted by Gasteiger charge is -2.41. The summed E-state index contributed by atoms with van der Waals surface area (Å²) in [7, 11) is 0. The minimum absolute atomic E-state index is 0.00944. The maximum atomic E-state index is 11.6. The molecular weight excluding hydrogens is 244 g/mol. The second kappa shape index (κ2) is 6.86. The van der Waals surface area contributed by atoms with Crippen LogP contribution in [0.4, 0.5) is 0 Å². The molecule has 1 aliphatic heterocycles. The van der Waals surface area contributed by atoms with Crippen molar-refractivity contribution in [2.45, 2.75) is 45.2 Å². The van der Waals surface area contributed by atoms with E-state index in [2.05, 4.69) is 36.3 Å². The highest BCUT2D eigenvalue weighted by Crippen LogP contribution is 2.19. The van der Waals surface area contributed by atoms with Crippen LogP contribution in [0, 0.1) is 0 Å². The van der Waals surface area contributed by atoms with Gasteiger partial charge in [-0.05, 0) is 33.6 Å². The molecule has 0 aromatic rings. The van der Waals surface area contributed by atoms with Crippen molar-refractivity contribution in [2.24, 2.45) is 5.73 Å². The average molecular weight is 270 g/mol. The maximum Gasteiger partial charge on any atom is 0.239 e. The first kappa shape index (κ1) is 15.9. The van der Waals surface area contributed by atoms with Crippen LogP contribution in [0.1, 0.15) is 33.6 Å². The largest absolute Gasteiger partial charge is 0.352 e. The summed E-state index contributed by atoms with van der Waals surface area (Å²) < 4.78 is 0. The van der Waals surface area contributed by atoms with Crippen LogP contribution < -0.4 is 16.4 Å². The van der Waals surface area contributed by atoms with Gasteiger partial charge in [-0.1, -0.05) is 0 Å². The van der Waals surface area contributed by atoms with Crippen LogP contribution in [0.5, 0.6) is 0 Å². The smallest absolute Gasteiger partial charge is 0.239 e. The van der Waals surface area contributed by atoms with Crippen LogP contribution in [-0.4, -0.2) is 54.5 Å². The molecule has 0 radical (unpaired) electrons. The summed E-state index contributed by atoms with van der Waals surface area (Å²) in [6.45, 7) is 8.51. The Morgan fingerprint density at radius 3 is 2.26 bits per heavy atom. The lowest BCUT2D eigenvalue weighted by atomic mass is 9.98. The van der Waals surface area contributed by atoms with Gasteiger partial charge < -0.3 is 16.4 Å². The molecule has 0 aromatic carbocycles. The van der Waals surface area contributed by atoms with Crippen LogP contribution in [0.3, 0.4) is 0 Å². The van der Waals surface area contributed by atoms with Gasteiger partial charge >= 0.3 is 0 Å². The number of amides is 2. The normalized spacial score (nSPS) is 18.1. The predicted octanol–water partition coefficient (Wildman–Crippen LogP) is -0.560. The number of carbonyl (C=O) groups is 2. The molecule has 1 saturated heterocycles. The Labute approximate surface area is 115 Å². The third-order valence-corrected chi connectivity index (χ3v) is 3.44. The quantitative estimate of drug-likeness (QED) is 0.639. The van der Waals surface area contributed by atoms with E-state index in [0.29, 0.717) is 0 Å². The zero-order valence-electron chi connectivity index (χ0n) is 12.2. The van der Waals surface area contributed by atoms with Crippen molar-refractivity contribution in [3.8, 4) is 0 Å². The molecule has 0 atom stereocenters. The number of rotatable bonds is 4. The highest BCUT2D eigenvalue weighted by molar-refractivity contribution is 5.85. The van der Waals surface area contributed by atoms with E-state index in [4.69, 9.17) is 5.73 Å². The Kier molecular flexibility index (Phi) is 5.75. The summed E-state index contributed by atoms with van der Waals surface area (Å²) in [6.07, 6.45) is 1.90. The number of hydrogen-bond donors (Lipinski definition) is 3. The molecule has 19 heavy (non-hydrogen) atoms. The number of nitrogens with zero attached hydrogens (tertiary/aromatic N) is 1. The van der Waals surface area contributed by atoms with Gasteiger partial charge in [-0.25, -0.2) is 0 Å². The van der Waals surface area contributed by atoms with Crippen LogP contribution in [-0.2, 0) is 9.59 Å². The van der Waals surface area contributed by atoms with Crippen LogP contribution in [0.2, 0.25) is 0 Å². The van der Waals surface area contributed by atoms with E-state index in [1.54, 1.807) is 0 Å². The van der Waals surface area contributed by atoms with Crippen molar-refractivity contribution < 1.29 is 9.59 Å². The third kappa shape index (κ3) is 5.57. The predicted molar refractivity (Wildman–Crippen MR) is 74.6 cm³/mol. The fourth-order valence-corrected chi connectivity index (χ4v) is 2.22. The number of carbonyl (C=O) groups excluding carboxylic acids is 2. The van der Waals surface area contributed by atoms with E-state index in [1.807, 2.05) is 0 Å². The van der Waals surface area contributed by atoms with E-state index < -0.39 is 0 Å². The van der Waals surface area contributed by atoms with Gasteiger partial charge in [0.05, 0.1) is 13.1 Å². The monoisotopic (exact) mass is 270 g/mol. The minimum atomic E-state index is -0.308. The Bertz CT molecular complexity index is 317. The van der Waals surface area contributed by atoms with E-state index in [9.17, 15) is 9.59 Å². The lowest BCUT2D eigenvalue weighted by Crippen LogP contribution is -2.52. The molecular formula is C13H26N4O2. The summed E-state index contributed by atoms with van der Waals surface area (Å²) in [5, 5.41) is 5.42. The molecule has 1 aliphatic rings. The second-order valence-corrected chi connectivity index (χ2v) is 5.98. The molecule has 0 aliphatic carbocycles. The first-order valence-electron chi connectivity index (χ1n) is 6.84. The van der Waals surface area contributed by atoms with E-state index in [-0.39, 0.29) is 36.5 Å². The van der Waals surface area contributed by atoms with Gasteiger partial charge in [-0.15, -0.1) is 0 Å². The molecule has 1 fully saturated rings. The topological polar surface area (TPSA) is 87.5 Å². The lowest BCUT2D eigenvalue weighted by molar-refractivity contribution is -0.126. The van der Waals surface area contributed by atoms with Crippen molar-refractivity contribution in [3.05, 3.63) is 0 Å². The van der Waals surface area contributed by atoms with Crippen LogP contribution in [0.15, 0.2) is 0 Å². The van der Waals surface area contributed by atoms with Gasteiger partial charge in [0, 0.05) is 24.7 Å². The zero-order chi connectivity index (χ0) is 14.5. The Hall–Kier alpha value is -1.14. The van der Waals surface area contributed by atoms with Gasteiger partial charge in [0.25, 0.3) is 0 Å². The standard InChI is InChI=1S/C13H26N4O2/c1-13(2,3)17-6-4-10(5-7-17)16-12(19)9-15-11(18)8-14/h10H,4-9,14H2,1-3H3,(H,15,18)(H,16,19). The van der Waals surface area contributed by atoms with Gasteiger partial charge in [0.15, 0.2) is 0 Å². The van der Waals surface area contributed by atoms with E-state index >= 15 is 0 Å². The van der Waals surface area contributed by atoms with Crippen molar-refractivity contribution in [2.75, 3.05) is 26.2 Å². The molecule has 6 heteroatoms. The highest BCUT2D eigenvalue weighted by Gasteiger charge is 2.27. The molecule has 110 valence electrons. The first-order valence-corrected chi connectivity index (χ1v) is 6.84. The number of likely N-dealkylation sites (tertiary alicyclic amines) is 1. The Balaban J connectivity index is 2.25. The molecule has 1 heterocycles. The maximum absolute atomic E-state index is 11.6.